The lowest BCUT2D eigenvalue weighted by Crippen LogP contribution is -2.27. The second kappa shape index (κ2) is 11.9. The van der Waals surface area contributed by atoms with E-state index in [4.69, 9.17) is 14.5 Å². The smallest absolute Gasteiger partial charge is 0.420 e. The molecule has 0 saturated carbocycles. The SMILES string of the molecule is COC(c1ccccc1)c1cc(C(OC)c2ccccc2)c2c(-c3ccc(OC(=O)C(F)(F)F)cc3)nc3[nH]ncc3c2c1. The average molecular weight is 598 g/mol. The quantitative estimate of drug-likeness (QED) is 0.143. The minimum absolute atomic E-state index is 0.240. The Morgan fingerprint density at radius 3 is 1.98 bits per heavy atom. The summed E-state index contributed by atoms with van der Waals surface area (Å²) in [6, 6.07) is 29.4. The van der Waals surface area contributed by atoms with Gasteiger partial charge < -0.3 is 14.2 Å². The molecule has 0 aliphatic carbocycles. The zero-order valence-electron chi connectivity index (χ0n) is 23.6. The van der Waals surface area contributed by atoms with E-state index in [1.54, 1.807) is 32.5 Å². The number of fused-ring (bicyclic) bond motifs is 3. The van der Waals surface area contributed by atoms with Gasteiger partial charge in [0.2, 0.25) is 0 Å². The molecule has 6 rings (SSSR count). The van der Waals surface area contributed by atoms with Gasteiger partial charge in [0.05, 0.1) is 11.9 Å². The predicted molar refractivity (Wildman–Crippen MR) is 159 cm³/mol. The molecule has 0 radical (unpaired) electrons. The molecule has 0 amide bonds. The van der Waals surface area contributed by atoms with Crippen molar-refractivity contribution in [3.8, 4) is 17.0 Å². The van der Waals surface area contributed by atoms with Crippen LogP contribution in [0.2, 0.25) is 0 Å². The van der Waals surface area contributed by atoms with Crippen LogP contribution in [0.1, 0.15) is 34.5 Å². The normalized spacial score (nSPS) is 13.2. The summed E-state index contributed by atoms with van der Waals surface area (Å²) < 4.78 is 55.0. The number of aromatic amines is 1. The fourth-order valence-corrected chi connectivity index (χ4v) is 5.47. The Balaban J connectivity index is 1.61. The van der Waals surface area contributed by atoms with Crippen LogP contribution in [0.4, 0.5) is 13.2 Å². The molecule has 0 saturated heterocycles. The zero-order chi connectivity index (χ0) is 30.8. The number of methoxy groups -OCH3 is 2. The van der Waals surface area contributed by atoms with E-state index >= 15 is 0 Å². The molecule has 7 nitrogen and oxygen atoms in total. The number of nitrogens with zero attached hydrogens (tertiary/aromatic N) is 2. The largest absolute Gasteiger partial charge is 0.491 e. The van der Waals surface area contributed by atoms with E-state index < -0.39 is 24.4 Å². The van der Waals surface area contributed by atoms with E-state index in [-0.39, 0.29) is 5.75 Å². The van der Waals surface area contributed by atoms with Crippen LogP contribution in [0.3, 0.4) is 0 Å². The number of carbonyl (C=O) groups is 1. The van der Waals surface area contributed by atoms with Gasteiger partial charge in [0.15, 0.2) is 5.65 Å². The number of hydrogen-bond acceptors (Lipinski definition) is 6. The van der Waals surface area contributed by atoms with Gasteiger partial charge in [0.1, 0.15) is 18.0 Å². The third-order valence-corrected chi connectivity index (χ3v) is 7.39. The van der Waals surface area contributed by atoms with Crippen LogP contribution >= 0.6 is 0 Å². The van der Waals surface area contributed by atoms with Crippen LogP contribution in [0.15, 0.2) is 103 Å². The van der Waals surface area contributed by atoms with E-state index in [0.717, 1.165) is 38.4 Å². The molecule has 2 heterocycles. The van der Waals surface area contributed by atoms with Crippen LogP contribution in [-0.2, 0) is 14.3 Å². The number of benzene rings is 4. The molecular weight excluding hydrogens is 571 g/mol. The summed E-state index contributed by atoms with van der Waals surface area (Å²) in [6.45, 7) is 0. The van der Waals surface area contributed by atoms with Crippen molar-refractivity contribution >= 4 is 27.8 Å². The molecule has 0 aliphatic rings. The number of H-pyrrole nitrogens is 1. The maximum absolute atomic E-state index is 12.8. The van der Waals surface area contributed by atoms with Crippen LogP contribution in [0.5, 0.6) is 5.75 Å². The summed E-state index contributed by atoms with van der Waals surface area (Å²) >= 11 is 0. The lowest BCUT2D eigenvalue weighted by atomic mass is 9.88. The first kappa shape index (κ1) is 29.0. The number of esters is 1. The van der Waals surface area contributed by atoms with Crippen LogP contribution in [-0.4, -0.2) is 41.5 Å². The number of ether oxygens (including phenoxy) is 3. The number of halogens is 3. The Hall–Kier alpha value is -5.06. The van der Waals surface area contributed by atoms with Crippen molar-refractivity contribution in [3.05, 3.63) is 126 Å². The summed E-state index contributed by atoms with van der Waals surface area (Å²) in [4.78, 5) is 16.3. The lowest BCUT2D eigenvalue weighted by Gasteiger charge is -2.24. The number of pyridine rings is 1. The molecule has 4 aromatic carbocycles. The molecule has 2 atom stereocenters. The van der Waals surface area contributed by atoms with Crippen LogP contribution in [0, 0.1) is 0 Å². The molecule has 2 unspecified atom stereocenters. The van der Waals surface area contributed by atoms with Crippen molar-refractivity contribution in [2.24, 2.45) is 0 Å². The summed E-state index contributed by atoms with van der Waals surface area (Å²) in [7, 11) is 3.29. The molecule has 2 aromatic heterocycles. The van der Waals surface area contributed by atoms with Crippen molar-refractivity contribution in [2.45, 2.75) is 18.4 Å². The highest BCUT2D eigenvalue weighted by Crippen LogP contribution is 2.42. The Bertz CT molecular complexity index is 1930. The zero-order valence-corrected chi connectivity index (χ0v) is 23.6. The van der Waals surface area contributed by atoms with E-state index in [0.29, 0.717) is 16.9 Å². The number of hydrogen-bond donors (Lipinski definition) is 1. The molecule has 10 heteroatoms. The Morgan fingerprint density at radius 1 is 0.773 bits per heavy atom. The van der Waals surface area contributed by atoms with Gasteiger partial charge in [-0.05, 0) is 64.0 Å². The Kier molecular flexibility index (Phi) is 7.86. The van der Waals surface area contributed by atoms with Gasteiger partial charge in [-0.25, -0.2) is 9.78 Å². The standard InChI is InChI=1S/C34H26F3N3O4/c1-42-30(21-9-5-3-6-10-21)23-17-25-27-19-38-40-32(27)39-29(20-13-15-24(16-14-20)44-33(41)34(35,36)37)28(25)26(18-23)31(43-2)22-11-7-4-8-12-22/h3-19,30-31H,1-2H3,(H,38,39,40). The minimum Gasteiger partial charge on any atom is -0.420 e. The van der Waals surface area contributed by atoms with Crippen molar-refractivity contribution in [3.63, 3.8) is 0 Å². The van der Waals surface area contributed by atoms with Crippen molar-refractivity contribution in [1.82, 2.24) is 15.2 Å². The summed E-state index contributed by atoms with van der Waals surface area (Å²) in [5.41, 5.74) is 5.21. The van der Waals surface area contributed by atoms with Gasteiger partial charge in [-0.15, -0.1) is 0 Å². The maximum Gasteiger partial charge on any atom is 0.491 e. The van der Waals surface area contributed by atoms with Gasteiger partial charge in [-0.3, -0.25) is 5.10 Å². The molecule has 1 N–H and O–H groups in total. The molecule has 6 aromatic rings. The first-order chi connectivity index (χ1) is 21.3. The number of carbonyl (C=O) groups excluding carboxylic acids is 1. The van der Waals surface area contributed by atoms with Gasteiger partial charge in [0.25, 0.3) is 0 Å². The van der Waals surface area contributed by atoms with E-state index in [9.17, 15) is 18.0 Å². The Morgan fingerprint density at radius 2 is 1.39 bits per heavy atom. The van der Waals surface area contributed by atoms with Gasteiger partial charge in [-0.2, -0.15) is 18.3 Å². The monoisotopic (exact) mass is 597 g/mol. The first-order valence-electron chi connectivity index (χ1n) is 13.6. The van der Waals surface area contributed by atoms with E-state index in [2.05, 4.69) is 14.9 Å². The van der Waals surface area contributed by atoms with Gasteiger partial charge in [0, 0.05) is 30.6 Å². The van der Waals surface area contributed by atoms with Gasteiger partial charge in [-0.1, -0.05) is 60.7 Å². The van der Waals surface area contributed by atoms with Gasteiger partial charge >= 0.3 is 12.1 Å². The number of aromatic nitrogens is 3. The molecule has 0 fully saturated rings. The lowest BCUT2D eigenvalue weighted by molar-refractivity contribution is -0.189. The second-order valence-electron chi connectivity index (χ2n) is 10.1. The summed E-state index contributed by atoms with van der Waals surface area (Å²) in [5, 5.41) is 9.56. The Labute approximate surface area is 250 Å². The van der Waals surface area contributed by atoms with Crippen LogP contribution < -0.4 is 4.74 Å². The fraction of sp³-hybridized carbons (Fsp3) is 0.147. The van der Waals surface area contributed by atoms with Crippen molar-refractivity contribution in [1.29, 1.82) is 0 Å². The number of alkyl halides is 3. The molecule has 0 spiro atoms. The third-order valence-electron chi connectivity index (χ3n) is 7.39. The molecule has 0 bridgehead atoms. The maximum atomic E-state index is 12.8. The van der Waals surface area contributed by atoms with Crippen molar-refractivity contribution < 1.29 is 32.2 Å². The van der Waals surface area contributed by atoms with E-state index in [1.165, 1.54) is 12.1 Å². The molecule has 44 heavy (non-hydrogen) atoms. The third kappa shape index (κ3) is 5.52. The summed E-state index contributed by atoms with van der Waals surface area (Å²) in [5.74, 6) is -2.53. The number of nitrogens with one attached hydrogen (secondary N) is 1. The summed E-state index contributed by atoms with van der Waals surface area (Å²) in [6.07, 6.45) is -4.31. The molecule has 0 aliphatic heterocycles. The number of rotatable bonds is 8. The fourth-order valence-electron chi connectivity index (χ4n) is 5.47. The average Bonchev–Trinajstić information content (AvgIpc) is 3.52. The van der Waals surface area contributed by atoms with Crippen molar-refractivity contribution in [2.75, 3.05) is 14.2 Å². The highest BCUT2D eigenvalue weighted by atomic mass is 19.4. The second-order valence-corrected chi connectivity index (χ2v) is 10.1. The predicted octanol–water partition coefficient (Wildman–Crippen LogP) is 7.72. The van der Waals surface area contributed by atoms with E-state index in [1.807, 2.05) is 72.8 Å². The molecular formula is C34H26F3N3O4. The van der Waals surface area contributed by atoms with Crippen LogP contribution in [0.25, 0.3) is 33.1 Å². The first-order valence-corrected chi connectivity index (χ1v) is 13.6. The molecule has 222 valence electrons. The highest BCUT2D eigenvalue weighted by molar-refractivity contribution is 6.11. The minimum atomic E-state index is -5.11. The topological polar surface area (TPSA) is 86.3 Å². The highest BCUT2D eigenvalue weighted by Gasteiger charge is 2.41.